The molecule has 0 aliphatic heterocycles. The second-order valence-electron chi connectivity index (χ2n) is 2.58. The maximum absolute atomic E-state index is 9.86. The van der Waals surface area contributed by atoms with Gasteiger partial charge < -0.3 is 9.53 Å². The quantitative estimate of drug-likeness (QED) is 0.401. The average Bonchev–Trinajstić information content (AvgIpc) is 1.87. The summed E-state index contributed by atoms with van der Waals surface area (Å²) < 4.78 is 5.27. The first kappa shape index (κ1) is 14.0. The SMILES string of the molecule is CC(C)OCCCCC=O.[SbH3]. The zero-order valence-electron chi connectivity index (χ0n) is 7.51. The number of rotatable bonds is 6. The number of hydrogen-bond acceptors (Lipinski definition) is 2. The Kier molecular flexibility index (Phi) is 13.3. The fourth-order valence-corrected chi connectivity index (χ4v) is 0.649. The van der Waals surface area contributed by atoms with Crippen molar-refractivity contribution >= 4 is 30.7 Å². The third-order valence-electron chi connectivity index (χ3n) is 1.17. The van der Waals surface area contributed by atoms with E-state index in [2.05, 4.69) is 0 Å². The first-order chi connectivity index (χ1) is 4.77. The topological polar surface area (TPSA) is 26.3 Å². The van der Waals surface area contributed by atoms with Gasteiger partial charge in [0.05, 0.1) is 6.10 Å². The molecule has 68 valence electrons. The van der Waals surface area contributed by atoms with Crippen LogP contribution in [0.5, 0.6) is 0 Å². The van der Waals surface area contributed by atoms with Crippen LogP contribution < -0.4 is 0 Å². The van der Waals surface area contributed by atoms with Crippen LogP contribution in [-0.4, -0.2) is 43.4 Å². The molecule has 0 rings (SSSR count). The van der Waals surface area contributed by atoms with E-state index >= 15 is 0 Å². The summed E-state index contributed by atoms with van der Waals surface area (Å²) >= 11 is 0. The molecule has 0 aromatic heterocycles. The molecule has 2 nitrogen and oxygen atoms in total. The molecule has 0 bridgehead atoms. The van der Waals surface area contributed by atoms with E-state index in [0.717, 1.165) is 25.7 Å². The van der Waals surface area contributed by atoms with Gasteiger partial charge in [-0.25, -0.2) is 0 Å². The average molecular weight is 269 g/mol. The van der Waals surface area contributed by atoms with Gasteiger partial charge in [-0.2, -0.15) is 0 Å². The summed E-state index contributed by atoms with van der Waals surface area (Å²) in [6.45, 7) is 4.81. The molecule has 11 heavy (non-hydrogen) atoms. The van der Waals surface area contributed by atoms with Gasteiger partial charge in [-0.05, 0) is 26.7 Å². The molecule has 0 aliphatic carbocycles. The zero-order valence-corrected chi connectivity index (χ0v) is 11.5. The molecular formula is C8H19O2Sb. The standard InChI is InChI=1S/C8H16O2.Sb.3H/c1-8(2)10-7-5-3-4-6-9;;;;/h6,8H,3-5,7H2,1-2H3;;;;. The Morgan fingerprint density at radius 2 is 2.00 bits per heavy atom. The maximum atomic E-state index is 9.86. The van der Waals surface area contributed by atoms with Crippen LogP contribution in [0.2, 0.25) is 0 Å². The third kappa shape index (κ3) is 13.4. The Bertz CT molecular complexity index is 84.2. The Morgan fingerprint density at radius 3 is 2.45 bits per heavy atom. The predicted molar refractivity (Wildman–Crippen MR) is 50.9 cm³/mol. The monoisotopic (exact) mass is 268 g/mol. The van der Waals surface area contributed by atoms with Crippen molar-refractivity contribution in [1.29, 1.82) is 0 Å². The number of unbranched alkanes of at least 4 members (excludes halogenated alkanes) is 2. The minimum absolute atomic E-state index is 0. The Hall–Kier alpha value is 0.448. The molecule has 0 unspecified atom stereocenters. The van der Waals surface area contributed by atoms with E-state index in [4.69, 9.17) is 4.74 Å². The summed E-state index contributed by atoms with van der Waals surface area (Å²) in [4.78, 5) is 9.86. The van der Waals surface area contributed by atoms with Gasteiger partial charge in [0.2, 0.25) is 0 Å². The molecule has 0 spiro atoms. The summed E-state index contributed by atoms with van der Waals surface area (Å²) in [6.07, 6.45) is 3.89. The zero-order chi connectivity index (χ0) is 7.82. The van der Waals surface area contributed by atoms with Gasteiger partial charge in [-0.1, -0.05) is 0 Å². The summed E-state index contributed by atoms with van der Waals surface area (Å²) in [5, 5.41) is 0. The molecule has 0 saturated heterocycles. The van der Waals surface area contributed by atoms with Crippen molar-refractivity contribution in [2.75, 3.05) is 6.61 Å². The number of aldehydes is 1. The first-order valence-corrected chi connectivity index (χ1v) is 3.82. The number of carbonyl (C=O) groups is 1. The predicted octanol–water partition coefficient (Wildman–Crippen LogP) is 0.597. The molecule has 0 aromatic carbocycles. The van der Waals surface area contributed by atoms with Crippen LogP contribution in [-0.2, 0) is 9.53 Å². The molecule has 0 radical (unpaired) electrons. The Morgan fingerprint density at radius 1 is 1.36 bits per heavy atom. The minimum atomic E-state index is 0. The van der Waals surface area contributed by atoms with E-state index in [-0.39, 0.29) is 24.4 Å². The summed E-state index contributed by atoms with van der Waals surface area (Å²) in [5.41, 5.74) is 0. The molecule has 0 fully saturated rings. The van der Waals surface area contributed by atoms with Crippen LogP contribution in [0.3, 0.4) is 0 Å². The molecule has 0 heterocycles. The molecule has 3 heteroatoms. The molecule has 0 amide bonds. The number of ether oxygens (including phenoxy) is 1. The van der Waals surface area contributed by atoms with Gasteiger partial charge in [-0.15, -0.1) is 0 Å². The van der Waals surface area contributed by atoms with Crippen molar-refractivity contribution in [1.82, 2.24) is 0 Å². The Balaban J connectivity index is 0. The van der Waals surface area contributed by atoms with Gasteiger partial charge in [0, 0.05) is 13.0 Å². The van der Waals surface area contributed by atoms with Crippen molar-refractivity contribution in [3.05, 3.63) is 0 Å². The van der Waals surface area contributed by atoms with E-state index in [1.807, 2.05) is 13.8 Å². The van der Waals surface area contributed by atoms with Gasteiger partial charge in [-0.3, -0.25) is 0 Å². The summed E-state index contributed by atoms with van der Waals surface area (Å²) in [5.74, 6) is 0. The third-order valence-corrected chi connectivity index (χ3v) is 1.17. The molecule has 0 aliphatic rings. The van der Waals surface area contributed by atoms with E-state index < -0.39 is 0 Å². The van der Waals surface area contributed by atoms with Crippen molar-refractivity contribution in [2.24, 2.45) is 0 Å². The van der Waals surface area contributed by atoms with Gasteiger partial charge in [0.25, 0.3) is 0 Å². The van der Waals surface area contributed by atoms with Crippen LogP contribution in [0.25, 0.3) is 0 Å². The van der Waals surface area contributed by atoms with Crippen molar-refractivity contribution in [3.63, 3.8) is 0 Å². The summed E-state index contributed by atoms with van der Waals surface area (Å²) in [6, 6.07) is 0. The normalized spacial score (nSPS) is 9.36. The van der Waals surface area contributed by atoms with E-state index in [0.29, 0.717) is 12.5 Å². The fourth-order valence-electron chi connectivity index (χ4n) is 0.649. The van der Waals surface area contributed by atoms with Crippen molar-refractivity contribution < 1.29 is 9.53 Å². The molecule has 0 saturated carbocycles. The van der Waals surface area contributed by atoms with Crippen LogP contribution in [0.15, 0.2) is 0 Å². The van der Waals surface area contributed by atoms with Crippen LogP contribution >= 0.6 is 0 Å². The number of hydrogen-bond donors (Lipinski definition) is 0. The van der Waals surface area contributed by atoms with Crippen molar-refractivity contribution in [2.45, 2.75) is 39.2 Å². The van der Waals surface area contributed by atoms with E-state index in [1.54, 1.807) is 0 Å². The van der Waals surface area contributed by atoms with Crippen LogP contribution in [0.4, 0.5) is 0 Å². The molecular weight excluding hydrogens is 250 g/mol. The summed E-state index contributed by atoms with van der Waals surface area (Å²) in [7, 11) is 0. The molecule has 0 aromatic rings. The van der Waals surface area contributed by atoms with E-state index in [1.165, 1.54) is 0 Å². The van der Waals surface area contributed by atoms with E-state index in [9.17, 15) is 4.79 Å². The van der Waals surface area contributed by atoms with Crippen molar-refractivity contribution in [3.8, 4) is 0 Å². The van der Waals surface area contributed by atoms with Gasteiger partial charge in [0.15, 0.2) is 0 Å². The number of carbonyl (C=O) groups excluding carboxylic acids is 1. The molecule has 0 atom stereocenters. The second kappa shape index (κ2) is 10.4. The molecule has 0 N–H and O–H groups in total. The first-order valence-electron chi connectivity index (χ1n) is 3.82. The Labute approximate surface area is 86.1 Å². The van der Waals surface area contributed by atoms with Crippen LogP contribution in [0, 0.1) is 0 Å². The van der Waals surface area contributed by atoms with Crippen LogP contribution in [0.1, 0.15) is 33.1 Å². The van der Waals surface area contributed by atoms with Gasteiger partial charge in [0.1, 0.15) is 6.29 Å². The fraction of sp³-hybridized carbons (Fsp3) is 0.875. The second-order valence-corrected chi connectivity index (χ2v) is 2.58. The van der Waals surface area contributed by atoms with Gasteiger partial charge >= 0.3 is 24.4 Å².